The Hall–Kier alpha value is -4.88. The third-order valence-corrected chi connectivity index (χ3v) is 13.5. The molecule has 12 nitrogen and oxygen atoms in total. The molecule has 7 atom stereocenters. The molecule has 1 aliphatic heterocycles. The molecule has 0 aromatic heterocycles. The normalized spacial score (nSPS) is 18.5. The van der Waals surface area contributed by atoms with Gasteiger partial charge < -0.3 is 39.2 Å². The third-order valence-electron chi connectivity index (χ3n) is 13.5. The second-order valence-corrected chi connectivity index (χ2v) is 19.7. The maximum atomic E-state index is 13.9. The van der Waals surface area contributed by atoms with Crippen LogP contribution >= 0.6 is 0 Å². The highest BCUT2D eigenvalue weighted by molar-refractivity contribution is 5.91. The molecular formula is C61H89NO11. The van der Waals surface area contributed by atoms with Crippen molar-refractivity contribution in [3.05, 3.63) is 120 Å². The summed E-state index contributed by atoms with van der Waals surface area (Å²) in [6.07, 6.45) is 24.7. The molecule has 0 unspecified atom stereocenters. The van der Waals surface area contributed by atoms with Gasteiger partial charge in [-0.2, -0.15) is 0 Å². The highest BCUT2D eigenvalue weighted by Gasteiger charge is 2.51. The van der Waals surface area contributed by atoms with Crippen LogP contribution in [0.25, 0.3) is 0 Å². The molecule has 4 rings (SSSR count). The first-order valence-electron chi connectivity index (χ1n) is 28.1. The first-order chi connectivity index (χ1) is 35.7. The second kappa shape index (κ2) is 37.8. The summed E-state index contributed by atoms with van der Waals surface area (Å²) in [6.45, 7) is 3.45. The number of hydrogen-bond acceptors (Lipinski definition) is 11. The Morgan fingerprint density at radius 1 is 0.562 bits per heavy atom. The number of hydrogen-bond donors (Lipinski definition) is 3. The summed E-state index contributed by atoms with van der Waals surface area (Å²) in [7, 11) is 0. The van der Waals surface area contributed by atoms with Crippen LogP contribution in [0.4, 0.5) is 0 Å². The number of allylic oxidation sites excluding steroid dienone is 1. The third kappa shape index (κ3) is 24.3. The number of rotatable bonds is 39. The summed E-state index contributed by atoms with van der Waals surface area (Å²) in [6, 6.07) is 24.0. The Bertz CT molecular complexity index is 1950. The maximum absolute atomic E-state index is 13.9. The van der Waals surface area contributed by atoms with Crippen LogP contribution in [-0.4, -0.2) is 90.1 Å². The molecule has 1 saturated heterocycles. The minimum Gasteiger partial charge on any atom is -0.452 e. The monoisotopic (exact) mass is 1010 g/mol. The first-order valence-corrected chi connectivity index (χ1v) is 28.1. The van der Waals surface area contributed by atoms with Gasteiger partial charge >= 0.3 is 17.9 Å². The van der Waals surface area contributed by atoms with Crippen molar-refractivity contribution in [2.24, 2.45) is 0 Å². The van der Waals surface area contributed by atoms with Gasteiger partial charge in [-0.05, 0) is 61.7 Å². The molecule has 1 amide bonds. The van der Waals surface area contributed by atoms with Crippen LogP contribution < -0.4 is 5.32 Å². The van der Waals surface area contributed by atoms with Gasteiger partial charge in [0.15, 0.2) is 18.5 Å². The quantitative estimate of drug-likeness (QED) is 0.0215. The summed E-state index contributed by atoms with van der Waals surface area (Å²) in [5.74, 6) is -2.47. The van der Waals surface area contributed by atoms with Gasteiger partial charge in [-0.25, -0.2) is 14.4 Å². The second-order valence-electron chi connectivity index (χ2n) is 19.7. The number of carbonyl (C=O) groups excluding carboxylic acids is 4. The van der Waals surface area contributed by atoms with Crippen LogP contribution in [0.1, 0.15) is 212 Å². The highest BCUT2D eigenvalue weighted by Crippen LogP contribution is 2.29. The molecule has 1 aliphatic rings. The van der Waals surface area contributed by atoms with Gasteiger partial charge in [0.1, 0.15) is 18.3 Å². The molecule has 3 N–H and O–H groups in total. The zero-order chi connectivity index (χ0) is 52.1. The zero-order valence-electron chi connectivity index (χ0n) is 44.2. The van der Waals surface area contributed by atoms with E-state index in [0.29, 0.717) is 12.0 Å². The lowest BCUT2D eigenvalue weighted by atomic mass is 9.98. The fourth-order valence-electron chi connectivity index (χ4n) is 9.14. The number of aliphatic hydroxyl groups excluding tert-OH is 2. The average molecular weight is 1010 g/mol. The molecule has 1 heterocycles. The number of ether oxygens (including phenoxy) is 5. The number of esters is 3. The van der Waals surface area contributed by atoms with Crippen LogP contribution in [0.5, 0.6) is 0 Å². The maximum Gasteiger partial charge on any atom is 0.338 e. The molecule has 12 heteroatoms. The van der Waals surface area contributed by atoms with Gasteiger partial charge in [0.05, 0.1) is 35.9 Å². The Balaban J connectivity index is 1.52. The number of carbonyl (C=O) groups is 4. The SMILES string of the molecule is CCCCCCCCCCCCC/C=C/[C@@H](OC(=O)c1ccccc1)[C@H](CO[C@H]1O[C@H](CO)[C@@H](O)[C@H](OC(=O)c2ccccc2)[C@@H]1OC(=O)c1ccccc1)NC(=O)CCCCCCCCCCCCCCC. The fourth-order valence-corrected chi connectivity index (χ4v) is 9.14. The molecule has 404 valence electrons. The Kier molecular flexibility index (Phi) is 31.4. The van der Waals surface area contributed by atoms with Crippen LogP contribution in [-0.2, 0) is 28.5 Å². The van der Waals surface area contributed by atoms with Crippen molar-refractivity contribution in [2.75, 3.05) is 13.2 Å². The molecule has 0 spiro atoms. The van der Waals surface area contributed by atoms with Crippen LogP contribution in [0.2, 0.25) is 0 Å². The van der Waals surface area contributed by atoms with Crippen molar-refractivity contribution in [3.63, 3.8) is 0 Å². The van der Waals surface area contributed by atoms with Gasteiger partial charge in [-0.3, -0.25) is 4.79 Å². The van der Waals surface area contributed by atoms with Crippen molar-refractivity contribution in [1.29, 1.82) is 0 Å². The molecule has 3 aromatic rings. The summed E-state index contributed by atoms with van der Waals surface area (Å²) in [4.78, 5) is 54.9. The largest absolute Gasteiger partial charge is 0.452 e. The topological polar surface area (TPSA) is 167 Å². The number of nitrogens with one attached hydrogen (secondary N) is 1. The van der Waals surface area contributed by atoms with Crippen LogP contribution in [0.15, 0.2) is 103 Å². The minimum atomic E-state index is -1.64. The van der Waals surface area contributed by atoms with E-state index < -0.39 is 67.4 Å². The predicted molar refractivity (Wildman–Crippen MR) is 287 cm³/mol. The van der Waals surface area contributed by atoms with E-state index in [2.05, 4.69) is 19.2 Å². The highest BCUT2D eigenvalue weighted by atomic mass is 16.7. The lowest BCUT2D eigenvalue weighted by Crippen LogP contribution is -2.62. The number of amides is 1. The Labute approximate surface area is 437 Å². The molecule has 0 bridgehead atoms. The van der Waals surface area contributed by atoms with E-state index in [-0.39, 0.29) is 30.1 Å². The summed E-state index contributed by atoms with van der Waals surface area (Å²) in [5, 5.41) is 25.1. The van der Waals surface area contributed by atoms with Crippen molar-refractivity contribution in [3.8, 4) is 0 Å². The lowest BCUT2D eigenvalue weighted by molar-refractivity contribution is -0.300. The molecule has 73 heavy (non-hydrogen) atoms. The Morgan fingerprint density at radius 2 is 0.973 bits per heavy atom. The smallest absolute Gasteiger partial charge is 0.338 e. The average Bonchev–Trinajstić information content (AvgIpc) is 3.41. The van der Waals surface area contributed by atoms with Crippen molar-refractivity contribution in [2.45, 2.75) is 224 Å². The number of benzene rings is 3. The van der Waals surface area contributed by atoms with Gasteiger partial charge in [-0.15, -0.1) is 0 Å². The summed E-state index contributed by atoms with van der Waals surface area (Å²) < 4.78 is 30.6. The molecule has 0 aliphatic carbocycles. The van der Waals surface area contributed by atoms with E-state index in [1.165, 1.54) is 109 Å². The van der Waals surface area contributed by atoms with Crippen LogP contribution in [0, 0.1) is 0 Å². The molecule has 1 fully saturated rings. The van der Waals surface area contributed by atoms with E-state index in [9.17, 15) is 29.4 Å². The van der Waals surface area contributed by atoms with E-state index in [0.717, 1.165) is 44.9 Å². The van der Waals surface area contributed by atoms with E-state index >= 15 is 0 Å². The molecule has 0 radical (unpaired) electrons. The molecular weight excluding hydrogens is 923 g/mol. The van der Waals surface area contributed by atoms with E-state index in [1.54, 1.807) is 97.1 Å². The van der Waals surface area contributed by atoms with Crippen LogP contribution in [0.3, 0.4) is 0 Å². The van der Waals surface area contributed by atoms with E-state index in [4.69, 9.17) is 23.7 Å². The first kappa shape index (κ1) is 60.7. The van der Waals surface area contributed by atoms with Crippen molar-refractivity contribution >= 4 is 23.8 Å². The molecule has 0 saturated carbocycles. The number of unbranched alkanes of at least 4 members (excludes halogenated alkanes) is 23. The number of aliphatic hydroxyl groups is 2. The zero-order valence-corrected chi connectivity index (χ0v) is 44.2. The van der Waals surface area contributed by atoms with Gasteiger partial charge in [0, 0.05) is 6.42 Å². The minimum absolute atomic E-state index is 0.182. The lowest BCUT2D eigenvalue weighted by Gasteiger charge is -2.43. The fraction of sp³-hybridized carbons (Fsp3) is 0.607. The van der Waals surface area contributed by atoms with Crippen molar-refractivity contribution in [1.82, 2.24) is 5.32 Å². The summed E-state index contributed by atoms with van der Waals surface area (Å²) >= 11 is 0. The van der Waals surface area contributed by atoms with Crippen molar-refractivity contribution < 1.29 is 53.1 Å². The molecule has 3 aromatic carbocycles. The van der Waals surface area contributed by atoms with Gasteiger partial charge in [0.25, 0.3) is 0 Å². The Morgan fingerprint density at radius 3 is 1.42 bits per heavy atom. The van der Waals surface area contributed by atoms with E-state index in [1.807, 2.05) is 6.08 Å². The van der Waals surface area contributed by atoms with Gasteiger partial charge in [-0.1, -0.05) is 216 Å². The van der Waals surface area contributed by atoms with Gasteiger partial charge in [0.2, 0.25) is 5.91 Å². The summed E-state index contributed by atoms with van der Waals surface area (Å²) in [5.41, 5.74) is 0.694. The predicted octanol–water partition coefficient (Wildman–Crippen LogP) is 13.0. The standard InChI is InChI=1S/C61H89NO11/c1-3-5-7-9-11-13-15-17-19-21-23-25-36-44-52(70-58(66)48-38-30-27-31-39-48)51(62-54(64)45-37-26-24-22-20-18-16-14-12-10-8-6-4-2)47-69-61-57(73-60(68)50-42-34-29-35-43-50)56(55(65)53(46-63)71-61)72-59(67)49-40-32-28-33-41-49/h27-36,38-44,51-53,55-57,61,63,65H,3-26,37,45-47H2,1-2H3,(H,62,64)/b44-36+/t51-,52+,53+,55+,56-,57-,61-/m0/s1.